The maximum Gasteiger partial charge on any atom is 0.405 e. The molecule has 176 valence electrons. The summed E-state index contributed by atoms with van der Waals surface area (Å²) in [5, 5.41) is 5.39. The number of hydrogen-bond acceptors (Lipinski definition) is 6. The molecule has 1 amide bonds. The molecule has 0 aliphatic heterocycles. The van der Waals surface area contributed by atoms with Crippen LogP contribution in [0.3, 0.4) is 0 Å². The first-order valence-corrected chi connectivity index (χ1v) is 10.3. The zero-order valence-electron chi connectivity index (χ0n) is 17.7. The summed E-state index contributed by atoms with van der Waals surface area (Å²) in [5.74, 6) is -0.814. The molecule has 0 fully saturated rings. The van der Waals surface area contributed by atoms with Crippen LogP contribution in [0, 0.1) is 12.7 Å². The van der Waals surface area contributed by atoms with Crippen molar-refractivity contribution < 1.29 is 31.8 Å². The number of methoxy groups -OCH3 is 1. The quantitative estimate of drug-likeness (QED) is 0.416. The van der Waals surface area contributed by atoms with Crippen molar-refractivity contribution in [3.63, 3.8) is 0 Å². The van der Waals surface area contributed by atoms with Crippen molar-refractivity contribution in [2.75, 3.05) is 19.0 Å². The molecule has 0 bridgehead atoms. The van der Waals surface area contributed by atoms with Crippen LogP contribution >= 0.6 is 15.9 Å². The van der Waals surface area contributed by atoms with E-state index in [1.54, 1.807) is 11.4 Å². The lowest BCUT2D eigenvalue weighted by Gasteiger charge is -2.19. The summed E-state index contributed by atoms with van der Waals surface area (Å²) >= 11 is 3.43. The van der Waals surface area contributed by atoms with Gasteiger partial charge in [-0.15, -0.1) is 0 Å². The minimum atomic E-state index is -4.57. The van der Waals surface area contributed by atoms with Gasteiger partial charge in [-0.05, 0) is 48.0 Å². The van der Waals surface area contributed by atoms with Gasteiger partial charge in [0, 0.05) is 17.0 Å². The molecule has 33 heavy (non-hydrogen) atoms. The average Bonchev–Trinajstić information content (AvgIpc) is 2.73. The highest BCUT2D eigenvalue weighted by atomic mass is 79.9. The van der Waals surface area contributed by atoms with Crippen LogP contribution in [0.25, 0.3) is 10.9 Å². The largest absolute Gasteiger partial charge is 0.495 e. The third kappa shape index (κ3) is 5.81. The standard InChI is InChI=1S/C21H19BrF4N4O3/c1-10-17-15(7-13(22)18(10)32-3)28-9-29-19(17)30-14-5-4-12(23)6-16(14)33-11(2)20(31)27-8-21(24,25)26/h4-7,9,11H,8H2,1-3H3,(H,27,31)(H,28,29,30)/t11-/m1/s1. The molecule has 0 saturated heterocycles. The monoisotopic (exact) mass is 530 g/mol. The minimum Gasteiger partial charge on any atom is -0.495 e. The molecular formula is C21H19BrF4N4O3. The van der Waals surface area contributed by atoms with Gasteiger partial charge in [0.25, 0.3) is 5.91 Å². The summed E-state index contributed by atoms with van der Waals surface area (Å²) in [6, 6.07) is 5.30. The number of carbonyl (C=O) groups excluding carboxylic acids is 1. The highest BCUT2D eigenvalue weighted by Gasteiger charge is 2.29. The van der Waals surface area contributed by atoms with Gasteiger partial charge >= 0.3 is 6.18 Å². The topological polar surface area (TPSA) is 85.4 Å². The van der Waals surface area contributed by atoms with E-state index >= 15 is 0 Å². The zero-order valence-corrected chi connectivity index (χ0v) is 19.3. The molecule has 1 heterocycles. The molecular weight excluding hydrogens is 512 g/mol. The van der Waals surface area contributed by atoms with Crippen molar-refractivity contribution in [2.24, 2.45) is 0 Å². The van der Waals surface area contributed by atoms with Gasteiger partial charge in [0.05, 0.1) is 22.8 Å². The number of amides is 1. The number of rotatable bonds is 7. The molecule has 1 aromatic heterocycles. The number of aryl methyl sites for hydroxylation is 1. The van der Waals surface area contributed by atoms with Gasteiger partial charge in [0.15, 0.2) is 6.10 Å². The van der Waals surface area contributed by atoms with Crippen molar-refractivity contribution in [1.29, 1.82) is 0 Å². The third-order valence-corrected chi connectivity index (χ3v) is 5.20. The van der Waals surface area contributed by atoms with Gasteiger partial charge in [0.2, 0.25) is 0 Å². The maximum atomic E-state index is 13.9. The van der Waals surface area contributed by atoms with Gasteiger partial charge in [-0.25, -0.2) is 14.4 Å². The Morgan fingerprint density at radius 1 is 1.24 bits per heavy atom. The van der Waals surface area contributed by atoms with Crippen molar-refractivity contribution in [1.82, 2.24) is 15.3 Å². The van der Waals surface area contributed by atoms with E-state index in [-0.39, 0.29) is 11.4 Å². The lowest BCUT2D eigenvalue weighted by molar-refractivity contribution is -0.142. The predicted octanol–water partition coefficient (Wildman–Crippen LogP) is 5.04. The summed E-state index contributed by atoms with van der Waals surface area (Å²) in [6.45, 7) is 1.57. The first-order valence-electron chi connectivity index (χ1n) is 9.55. The van der Waals surface area contributed by atoms with E-state index in [4.69, 9.17) is 9.47 Å². The number of fused-ring (bicyclic) bond motifs is 1. The molecule has 3 aromatic rings. The Kier molecular flexibility index (Phi) is 7.25. The number of aromatic nitrogens is 2. The number of nitrogens with one attached hydrogen (secondary N) is 2. The van der Waals surface area contributed by atoms with E-state index in [0.717, 1.165) is 17.7 Å². The molecule has 0 spiro atoms. The Morgan fingerprint density at radius 2 is 1.97 bits per heavy atom. The van der Waals surface area contributed by atoms with Crippen LogP contribution in [0.1, 0.15) is 12.5 Å². The molecule has 0 aliphatic rings. The van der Waals surface area contributed by atoms with Gasteiger partial charge < -0.3 is 20.1 Å². The van der Waals surface area contributed by atoms with E-state index in [0.29, 0.717) is 26.9 Å². The fourth-order valence-corrected chi connectivity index (χ4v) is 3.78. The second-order valence-electron chi connectivity index (χ2n) is 6.99. The lowest BCUT2D eigenvalue weighted by atomic mass is 10.1. The van der Waals surface area contributed by atoms with Crippen LogP contribution in [0.4, 0.5) is 29.1 Å². The summed E-state index contributed by atoms with van der Waals surface area (Å²) < 4.78 is 62.6. The smallest absolute Gasteiger partial charge is 0.405 e. The second kappa shape index (κ2) is 9.77. The molecule has 12 heteroatoms. The molecule has 0 unspecified atom stereocenters. The Hall–Kier alpha value is -3.15. The molecule has 2 N–H and O–H groups in total. The second-order valence-corrected chi connectivity index (χ2v) is 7.85. The number of anilines is 2. The Balaban J connectivity index is 1.93. The van der Waals surface area contributed by atoms with Crippen LogP contribution in [0.15, 0.2) is 35.1 Å². The molecule has 3 rings (SSSR count). The summed E-state index contributed by atoms with van der Waals surface area (Å²) in [7, 11) is 1.52. The molecule has 0 aliphatic carbocycles. The van der Waals surface area contributed by atoms with Gasteiger partial charge in [-0.2, -0.15) is 13.2 Å². The summed E-state index contributed by atoms with van der Waals surface area (Å²) in [5.41, 5.74) is 1.57. The number of benzene rings is 2. The van der Waals surface area contributed by atoms with E-state index < -0.39 is 30.5 Å². The van der Waals surface area contributed by atoms with E-state index in [2.05, 4.69) is 31.2 Å². The fourth-order valence-electron chi connectivity index (χ4n) is 3.10. The van der Waals surface area contributed by atoms with Crippen molar-refractivity contribution in [3.05, 3.63) is 46.4 Å². The number of alkyl halides is 3. The van der Waals surface area contributed by atoms with E-state index in [9.17, 15) is 22.4 Å². The van der Waals surface area contributed by atoms with Crippen molar-refractivity contribution in [3.8, 4) is 11.5 Å². The fraction of sp³-hybridized carbons (Fsp3) is 0.286. The first-order chi connectivity index (χ1) is 15.5. The Bertz CT molecular complexity index is 1190. The number of halogens is 5. The molecule has 1 atom stereocenters. The molecule has 0 saturated carbocycles. The Morgan fingerprint density at radius 3 is 2.64 bits per heavy atom. The van der Waals surface area contributed by atoms with Gasteiger partial charge in [-0.1, -0.05) is 0 Å². The van der Waals surface area contributed by atoms with Gasteiger partial charge in [0.1, 0.15) is 36.0 Å². The Labute approximate surface area is 194 Å². The highest BCUT2D eigenvalue weighted by Crippen LogP contribution is 2.38. The highest BCUT2D eigenvalue weighted by molar-refractivity contribution is 9.10. The maximum absolute atomic E-state index is 13.9. The average molecular weight is 531 g/mol. The van der Waals surface area contributed by atoms with Crippen LogP contribution in [0.5, 0.6) is 11.5 Å². The predicted molar refractivity (Wildman–Crippen MR) is 117 cm³/mol. The zero-order chi connectivity index (χ0) is 24.3. The molecule has 7 nitrogen and oxygen atoms in total. The van der Waals surface area contributed by atoms with Crippen LogP contribution < -0.4 is 20.1 Å². The van der Waals surface area contributed by atoms with E-state index in [1.807, 2.05) is 6.92 Å². The molecule has 2 aromatic carbocycles. The van der Waals surface area contributed by atoms with Gasteiger partial charge in [-0.3, -0.25) is 4.79 Å². The summed E-state index contributed by atoms with van der Waals surface area (Å²) in [4.78, 5) is 20.5. The van der Waals surface area contributed by atoms with Crippen molar-refractivity contribution in [2.45, 2.75) is 26.1 Å². The number of carbonyl (C=O) groups is 1. The SMILES string of the molecule is COc1c(Br)cc2ncnc(Nc3ccc(F)cc3O[C@H](C)C(=O)NCC(F)(F)F)c2c1C. The number of ether oxygens (including phenoxy) is 2. The minimum absolute atomic E-state index is 0.0850. The van der Waals surface area contributed by atoms with Crippen LogP contribution in [-0.4, -0.2) is 41.8 Å². The first kappa shape index (κ1) is 24.5. The lowest BCUT2D eigenvalue weighted by Crippen LogP contribution is -2.41. The molecule has 0 radical (unpaired) electrons. The third-order valence-electron chi connectivity index (χ3n) is 4.61. The van der Waals surface area contributed by atoms with Crippen LogP contribution in [0.2, 0.25) is 0 Å². The number of hydrogen-bond donors (Lipinski definition) is 2. The number of nitrogens with zero attached hydrogens (tertiary/aromatic N) is 2. The van der Waals surface area contributed by atoms with Crippen LogP contribution in [-0.2, 0) is 4.79 Å². The van der Waals surface area contributed by atoms with Crippen molar-refractivity contribution >= 4 is 44.2 Å². The summed E-state index contributed by atoms with van der Waals surface area (Å²) in [6.07, 6.45) is -4.56. The van der Waals surface area contributed by atoms with E-state index in [1.165, 1.54) is 26.4 Å². The normalized spacial score (nSPS) is 12.4.